The van der Waals surface area contributed by atoms with Crippen molar-refractivity contribution < 1.29 is 21.6 Å². The summed E-state index contributed by atoms with van der Waals surface area (Å²) < 4.78 is 66.0. The first-order valence-electron chi connectivity index (χ1n) is 9.29. The maximum atomic E-state index is 12.9. The molecule has 0 bridgehead atoms. The van der Waals surface area contributed by atoms with Crippen LogP contribution in [0.3, 0.4) is 0 Å². The second-order valence-electron chi connectivity index (χ2n) is 8.90. The van der Waals surface area contributed by atoms with Gasteiger partial charge in [0.1, 0.15) is 0 Å². The fraction of sp³-hybridized carbons (Fsp3) is 0.684. The molecule has 4 nitrogen and oxygen atoms in total. The molecule has 1 aliphatic carbocycles. The number of benzene rings is 1. The smallest absolute Gasteiger partial charge is 0.313 e. The van der Waals surface area contributed by atoms with Crippen LogP contribution in [0, 0.1) is 17.3 Å². The molecule has 1 N–H and O–H groups in total. The highest BCUT2D eigenvalue weighted by atomic mass is 32.2. The topological polar surface area (TPSA) is 49.4 Å². The summed E-state index contributed by atoms with van der Waals surface area (Å²) in [6.45, 7) is 8.03. The van der Waals surface area contributed by atoms with Gasteiger partial charge in [0.05, 0.1) is 10.5 Å². The highest BCUT2D eigenvalue weighted by Gasteiger charge is 2.46. The molecule has 1 aromatic carbocycles. The third-order valence-electron chi connectivity index (χ3n) is 5.52. The molecule has 1 aromatic rings. The number of nitrogens with zero attached hydrogens (tertiary/aromatic N) is 1. The molecule has 1 heterocycles. The molecule has 8 heteroatoms. The Balaban J connectivity index is 1.75. The standard InChI is InChI=1S/C19H27F3N2O2S/c1-18(2,3)12-23-17-8-7-13-10-24(11-16(13)17)27(25,26)15-6-4-5-14(9-15)19(20,21)22/h4-6,9,13,16-17,23H,7-8,10-12H2,1-3H3/t13-,16?,17+/m1/s1. The normalized spacial score (nSPS) is 27.1. The maximum absolute atomic E-state index is 12.9. The monoisotopic (exact) mass is 404 g/mol. The largest absolute Gasteiger partial charge is 0.416 e. The Bertz CT molecular complexity index is 787. The van der Waals surface area contributed by atoms with Gasteiger partial charge in [0.2, 0.25) is 10.0 Å². The predicted molar refractivity (Wildman–Crippen MR) is 97.7 cm³/mol. The van der Waals surface area contributed by atoms with Gasteiger partial charge in [-0.05, 0) is 48.3 Å². The lowest BCUT2D eigenvalue weighted by molar-refractivity contribution is -0.137. The first-order valence-corrected chi connectivity index (χ1v) is 10.7. The molecule has 0 radical (unpaired) electrons. The molecule has 0 aromatic heterocycles. The molecule has 2 fully saturated rings. The summed E-state index contributed by atoms with van der Waals surface area (Å²) in [6.07, 6.45) is -2.60. The fourth-order valence-corrected chi connectivity index (χ4v) is 5.67. The van der Waals surface area contributed by atoms with Crippen molar-refractivity contribution in [2.24, 2.45) is 17.3 Å². The van der Waals surface area contributed by atoms with Crippen LogP contribution in [-0.2, 0) is 16.2 Å². The van der Waals surface area contributed by atoms with E-state index in [4.69, 9.17) is 0 Å². The quantitative estimate of drug-likeness (QED) is 0.832. The number of nitrogens with one attached hydrogen (secondary N) is 1. The highest BCUT2D eigenvalue weighted by molar-refractivity contribution is 7.89. The lowest BCUT2D eigenvalue weighted by Gasteiger charge is -2.26. The van der Waals surface area contributed by atoms with Crippen molar-refractivity contribution in [3.05, 3.63) is 29.8 Å². The van der Waals surface area contributed by atoms with Gasteiger partial charge < -0.3 is 5.32 Å². The first-order chi connectivity index (χ1) is 12.4. The van der Waals surface area contributed by atoms with Gasteiger partial charge in [0.25, 0.3) is 0 Å². The lowest BCUT2D eigenvalue weighted by atomic mass is 9.94. The molecule has 0 amide bonds. The van der Waals surface area contributed by atoms with E-state index in [2.05, 4.69) is 26.1 Å². The first kappa shape index (κ1) is 20.6. The molecule has 152 valence electrons. The SMILES string of the molecule is CC(C)(C)CN[C@H]1CC[C@@H]2CN(S(=O)(=O)c3cccc(C(F)(F)F)c3)CC21. The third kappa shape index (κ3) is 4.49. The fourth-order valence-electron chi connectivity index (χ4n) is 4.09. The van der Waals surface area contributed by atoms with E-state index in [9.17, 15) is 21.6 Å². The minimum atomic E-state index is -4.56. The zero-order chi connectivity index (χ0) is 20.0. The van der Waals surface area contributed by atoms with Crippen LogP contribution < -0.4 is 5.32 Å². The zero-order valence-corrected chi connectivity index (χ0v) is 16.7. The Hall–Kier alpha value is -1.12. The van der Waals surface area contributed by atoms with Gasteiger partial charge >= 0.3 is 6.18 Å². The van der Waals surface area contributed by atoms with Crippen molar-refractivity contribution in [1.29, 1.82) is 0 Å². The van der Waals surface area contributed by atoms with E-state index in [0.717, 1.165) is 37.6 Å². The van der Waals surface area contributed by atoms with Crippen LogP contribution in [0.2, 0.25) is 0 Å². The maximum Gasteiger partial charge on any atom is 0.416 e. The lowest BCUT2D eigenvalue weighted by Crippen LogP contribution is -2.40. The Morgan fingerprint density at radius 2 is 1.85 bits per heavy atom. The number of sulfonamides is 1. The van der Waals surface area contributed by atoms with Gasteiger partial charge in [-0.1, -0.05) is 26.8 Å². The molecule has 2 aliphatic rings. The number of rotatable bonds is 4. The third-order valence-corrected chi connectivity index (χ3v) is 7.34. The van der Waals surface area contributed by atoms with E-state index in [1.54, 1.807) is 0 Å². The van der Waals surface area contributed by atoms with Crippen LogP contribution >= 0.6 is 0 Å². The Morgan fingerprint density at radius 1 is 1.15 bits per heavy atom. The molecular weight excluding hydrogens is 377 g/mol. The summed E-state index contributed by atoms with van der Waals surface area (Å²) in [5.41, 5.74) is -0.798. The summed E-state index contributed by atoms with van der Waals surface area (Å²) in [6, 6.07) is 4.29. The van der Waals surface area contributed by atoms with E-state index < -0.39 is 21.8 Å². The van der Waals surface area contributed by atoms with Crippen molar-refractivity contribution >= 4 is 10.0 Å². The van der Waals surface area contributed by atoms with Crippen LogP contribution in [-0.4, -0.2) is 38.4 Å². The number of fused-ring (bicyclic) bond motifs is 1. The second kappa shape index (κ2) is 7.04. The van der Waals surface area contributed by atoms with Crippen molar-refractivity contribution in [3.8, 4) is 0 Å². The van der Waals surface area contributed by atoms with E-state index >= 15 is 0 Å². The summed E-state index contributed by atoms with van der Waals surface area (Å²) in [7, 11) is -3.92. The van der Waals surface area contributed by atoms with Gasteiger partial charge in [-0.25, -0.2) is 8.42 Å². The number of hydrogen-bond donors (Lipinski definition) is 1. The summed E-state index contributed by atoms with van der Waals surface area (Å²) in [5, 5.41) is 3.56. The second-order valence-corrected chi connectivity index (χ2v) is 10.8. The van der Waals surface area contributed by atoms with E-state index in [0.29, 0.717) is 13.1 Å². The summed E-state index contributed by atoms with van der Waals surface area (Å²) in [5.74, 6) is 0.482. The van der Waals surface area contributed by atoms with Crippen LogP contribution in [0.1, 0.15) is 39.2 Å². The van der Waals surface area contributed by atoms with Crippen LogP contribution in [0.4, 0.5) is 13.2 Å². The molecule has 27 heavy (non-hydrogen) atoms. The molecule has 1 aliphatic heterocycles. The molecule has 3 atom stereocenters. The summed E-state index contributed by atoms with van der Waals surface area (Å²) in [4.78, 5) is -0.281. The summed E-state index contributed by atoms with van der Waals surface area (Å²) >= 11 is 0. The Labute approximate surface area is 159 Å². The zero-order valence-electron chi connectivity index (χ0n) is 15.9. The van der Waals surface area contributed by atoms with Crippen molar-refractivity contribution in [3.63, 3.8) is 0 Å². The van der Waals surface area contributed by atoms with Crippen LogP contribution in [0.25, 0.3) is 0 Å². The van der Waals surface area contributed by atoms with Crippen molar-refractivity contribution in [2.75, 3.05) is 19.6 Å². The Kier molecular flexibility index (Phi) is 5.38. The average Bonchev–Trinajstić information content (AvgIpc) is 3.12. The van der Waals surface area contributed by atoms with E-state index in [-0.39, 0.29) is 28.2 Å². The molecule has 1 unspecified atom stereocenters. The van der Waals surface area contributed by atoms with Crippen molar-refractivity contribution in [1.82, 2.24) is 9.62 Å². The average molecular weight is 404 g/mol. The van der Waals surface area contributed by atoms with Crippen LogP contribution in [0.5, 0.6) is 0 Å². The van der Waals surface area contributed by atoms with Gasteiger partial charge in [-0.2, -0.15) is 17.5 Å². The molecule has 3 rings (SSSR count). The minimum Gasteiger partial charge on any atom is -0.313 e. The highest BCUT2D eigenvalue weighted by Crippen LogP contribution is 2.41. The molecular formula is C19H27F3N2O2S. The number of hydrogen-bond acceptors (Lipinski definition) is 3. The van der Waals surface area contributed by atoms with E-state index in [1.807, 2.05) is 0 Å². The van der Waals surface area contributed by atoms with Gasteiger partial charge in [0, 0.05) is 25.7 Å². The van der Waals surface area contributed by atoms with Gasteiger partial charge in [-0.3, -0.25) is 0 Å². The van der Waals surface area contributed by atoms with Gasteiger partial charge in [0.15, 0.2) is 0 Å². The van der Waals surface area contributed by atoms with Gasteiger partial charge in [-0.15, -0.1) is 0 Å². The number of alkyl halides is 3. The Morgan fingerprint density at radius 3 is 2.48 bits per heavy atom. The molecule has 1 saturated heterocycles. The molecule has 0 spiro atoms. The van der Waals surface area contributed by atoms with Crippen LogP contribution in [0.15, 0.2) is 29.2 Å². The molecule has 1 saturated carbocycles. The van der Waals surface area contributed by atoms with E-state index in [1.165, 1.54) is 10.4 Å². The minimum absolute atomic E-state index is 0.139. The predicted octanol–water partition coefficient (Wildman–Crippen LogP) is 3.74. The van der Waals surface area contributed by atoms with Crippen molar-refractivity contribution in [2.45, 2.75) is 50.7 Å². The number of halogens is 3.